The van der Waals surface area contributed by atoms with E-state index >= 15 is 0 Å². The van der Waals surface area contributed by atoms with E-state index < -0.39 is 0 Å². The van der Waals surface area contributed by atoms with Gasteiger partial charge in [-0.3, -0.25) is 0 Å². The highest BCUT2D eigenvalue weighted by atomic mass is 16.3. The Labute approximate surface area is 343 Å². The first-order valence-electron chi connectivity index (χ1n) is 20.2. The van der Waals surface area contributed by atoms with E-state index in [1.807, 2.05) is 12.1 Å². The molecule has 2 heteroatoms. The fourth-order valence-corrected chi connectivity index (χ4v) is 8.80. The molecule has 1 aromatic heterocycles. The molecular weight excluding hydrogens is 715 g/mol. The second-order valence-electron chi connectivity index (χ2n) is 15.4. The van der Waals surface area contributed by atoms with Gasteiger partial charge in [0, 0.05) is 33.6 Å². The summed E-state index contributed by atoms with van der Waals surface area (Å²) in [5.41, 5.74) is 13.5. The molecule has 59 heavy (non-hydrogen) atoms. The summed E-state index contributed by atoms with van der Waals surface area (Å²) in [7, 11) is 0. The van der Waals surface area contributed by atoms with E-state index in [2.05, 4.69) is 218 Å². The van der Waals surface area contributed by atoms with Gasteiger partial charge >= 0.3 is 0 Å². The molecule has 0 aliphatic carbocycles. The summed E-state index contributed by atoms with van der Waals surface area (Å²) in [6.07, 6.45) is 0. The Morgan fingerprint density at radius 2 is 0.847 bits per heavy atom. The van der Waals surface area contributed by atoms with Crippen molar-refractivity contribution in [1.82, 2.24) is 0 Å². The molecule has 10 aromatic carbocycles. The topological polar surface area (TPSA) is 16.4 Å². The van der Waals surface area contributed by atoms with Crippen LogP contribution in [-0.2, 0) is 0 Å². The smallest absolute Gasteiger partial charge is 0.138 e. The maximum Gasteiger partial charge on any atom is 0.138 e. The summed E-state index contributed by atoms with van der Waals surface area (Å²) in [5.74, 6) is 0.898. The molecule has 0 saturated heterocycles. The van der Waals surface area contributed by atoms with Crippen LogP contribution in [0.4, 0.5) is 17.1 Å². The van der Waals surface area contributed by atoms with E-state index in [1.165, 1.54) is 65.7 Å². The van der Waals surface area contributed by atoms with Crippen LogP contribution in [0.25, 0.3) is 88.0 Å². The highest BCUT2D eigenvalue weighted by Crippen LogP contribution is 2.41. The van der Waals surface area contributed by atoms with Crippen molar-refractivity contribution in [3.8, 4) is 44.7 Å². The molecule has 2 nitrogen and oxygen atoms in total. The minimum absolute atomic E-state index is 0.898. The van der Waals surface area contributed by atoms with Gasteiger partial charge in [0.05, 0.1) is 0 Å². The van der Waals surface area contributed by atoms with Crippen LogP contribution in [0.2, 0.25) is 0 Å². The van der Waals surface area contributed by atoms with Crippen molar-refractivity contribution >= 4 is 60.3 Å². The van der Waals surface area contributed by atoms with Crippen molar-refractivity contribution in [1.29, 1.82) is 0 Å². The molecule has 0 radical (unpaired) electrons. The van der Waals surface area contributed by atoms with Crippen molar-refractivity contribution in [2.24, 2.45) is 0 Å². The molecule has 0 amide bonds. The van der Waals surface area contributed by atoms with Gasteiger partial charge in [0.15, 0.2) is 0 Å². The summed E-state index contributed by atoms with van der Waals surface area (Å²) in [4.78, 5) is 2.34. The van der Waals surface area contributed by atoms with Crippen molar-refractivity contribution in [2.75, 3.05) is 4.90 Å². The first kappa shape index (κ1) is 34.6. The molecule has 278 valence electrons. The number of fused-ring (bicyclic) bond motifs is 5. The second-order valence-corrected chi connectivity index (χ2v) is 15.4. The summed E-state index contributed by atoms with van der Waals surface area (Å²) in [6, 6.07) is 78.8. The van der Waals surface area contributed by atoms with Gasteiger partial charge in [0.1, 0.15) is 11.3 Å². The Morgan fingerprint density at radius 3 is 1.58 bits per heavy atom. The molecule has 11 aromatic rings. The molecule has 0 unspecified atom stereocenters. The van der Waals surface area contributed by atoms with Crippen LogP contribution in [0, 0.1) is 6.92 Å². The first-order valence-corrected chi connectivity index (χ1v) is 20.2. The van der Waals surface area contributed by atoms with Gasteiger partial charge in [-0.1, -0.05) is 170 Å². The lowest BCUT2D eigenvalue weighted by Gasteiger charge is -2.26. The van der Waals surface area contributed by atoms with E-state index in [0.717, 1.165) is 44.9 Å². The number of nitrogens with zero attached hydrogens (tertiary/aromatic N) is 1. The predicted octanol–water partition coefficient (Wildman–Crippen LogP) is 16.3. The van der Waals surface area contributed by atoms with E-state index in [4.69, 9.17) is 4.42 Å². The van der Waals surface area contributed by atoms with Crippen molar-refractivity contribution < 1.29 is 4.42 Å². The summed E-state index contributed by atoms with van der Waals surface area (Å²) in [5, 5.41) is 8.73. The van der Waals surface area contributed by atoms with Gasteiger partial charge in [0.2, 0.25) is 0 Å². The third-order valence-electron chi connectivity index (χ3n) is 11.9. The average molecular weight is 754 g/mol. The molecule has 0 spiro atoms. The molecule has 0 N–H and O–H groups in total. The van der Waals surface area contributed by atoms with Gasteiger partial charge in [-0.15, -0.1) is 0 Å². The molecule has 1 heterocycles. The summed E-state index contributed by atoms with van der Waals surface area (Å²) in [6.45, 7) is 2.15. The van der Waals surface area contributed by atoms with Crippen LogP contribution in [0.3, 0.4) is 0 Å². The van der Waals surface area contributed by atoms with Crippen molar-refractivity contribution in [2.45, 2.75) is 6.92 Å². The minimum Gasteiger partial charge on any atom is -0.456 e. The van der Waals surface area contributed by atoms with E-state index in [1.54, 1.807) is 0 Å². The normalized spacial score (nSPS) is 11.5. The van der Waals surface area contributed by atoms with Crippen LogP contribution in [-0.4, -0.2) is 0 Å². The van der Waals surface area contributed by atoms with E-state index in [-0.39, 0.29) is 0 Å². The summed E-state index contributed by atoms with van der Waals surface area (Å²) >= 11 is 0. The zero-order valence-corrected chi connectivity index (χ0v) is 32.6. The fourth-order valence-electron chi connectivity index (χ4n) is 8.80. The van der Waals surface area contributed by atoms with Crippen LogP contribution in [0.15, 0.2) is 223 Å². The average Bonchev–Trinajstić information content (AvgIpc) is 3.65. The highest BCUT2D eigenvalue weighted by molar-refractivity contribution is 6.08. The maximum absolute atomic E-state index is 6.45. The molecular formula is C57H39NO. The Balaban J connectivity index is 0.959. The van der Waals surface area contributed by atoms with Gasteiger partial charge in [0.25, 0.3) is 0 Å². The Hall–Kier alpha value is -7.68. The maximum atomic E-state index is 6.45. The monoisotopic (exact) mass is 753 g/mol. The Bertz CT molecular complexity index is 3310. The SMILES string of the molecule is Cc1c(-c2cccc(N(c3ccc(-c4ccc(-c5cccc6ccccc56)cc4)cc3)c3ccc(-c4ccc5c(ccc6ccccc65)c4)cc3)c2)oc2ccccc12. The number of aryl methyl sites for hydroxylation is 1. The number of anilines is 3. The number of furan rings is 1. The van der Waals surface area contributed by atoms with Crippen molar-refractivity contribution in [3.63, 3.8) is 0 Å². The third kappa shape index (κ3) is 6.23. The zero-order valence-electron chi connectivity index (χ0n) is 32.6. The van der Waals surface area contributed by atoms with Crippen molar-refractivity contribution in [3.05, 3.63) is 224 Å². The molecule has 0 fully saturated rings. The van der Waals surface area contributed by atoms with Gasteiger partial charge in [-0.25, -0.2) is 0 Å². The minimum atomic E-state index is 0.898. The largest absolute Gasteiger partial charge is 0.456 e. The van der Waals surface area contributed by atoms with Crippen LogP contribution >= 0.6 is 0 Å². The van der Waals surface area contributed by atoms with Gasteiger partial charge in [-0.05, 0) is 121 Å². The Kier molecular flexibility index (Phi) is 8.41. The van der Waals surface area contributed by atoms with E-state index in [0.29, 0.717) is 0 Å². The number of benzene rings is 10. The van der Waals surface area contributed by atoms with Gasteiger partial charge < -0.3 is 9.32 Å². The standard InChI is InChI=1S/C57H39NO/c1-38-51-15-6-7-19-56(51)59-57(38)47-13-8-14-50(37-47)58(49-33-28-41(29-34-49)45-30-35-55-46(36-45)25-24-43-11-3-5-17-53(43)55)48-31-26-40(27-32-48)39-20-22-44(23-21-39)54-18-9-12-42-10-2-4-16-52(42)54/h2-37H,1H3. The molecule has 0 aliphatic heterocycles. The third-order valence-corrected chi connectivity index (χ3v) is 11.9. The lowest BCUT2D eigenvalue weighted by Crippen LogP contribution is -2.10. The van der Waals surface area contributed by atoms with Crippen LogP contribution < -0.4 is 4.90 Å². The Morgan fingerprint density at radius 1 is 0.322 bits per heavy atom. The zero-order chi connectivity index (χ0) is 39.3. The quantitative estimate of drug-likeness (QED) is 0.151. The molecule has 0 bridgehead atoms. The number of para-hydroxylation sites is 1. The lowest BCUT2D eigenvalue weighted by atomic mass is 9.96. The fraction of sp³-hybridized carbons (Fsp3) is 0.0175. The molecule has 0 aliphatic rings. The van der Waals surface area contributed by atoms with Gasteiger partial charge in [-0.2, -0.15) is 0 Å². The molecule has 0 atom stereocenters. The first-order chi connectivity index (χ1) is 29.1. The molecule has 11 rings (SSSR count). The predicted molar refractivity (Wildman–Crippen MR) is 250 cm³/mol. The van der Waals surface area contributed by atoms with E-state index in [9.17, 15) is 0 Å². The number of hydrogen-bond donors (Lipinski definition) is 0. The van der Waals surface area contributed by atoms with Crippen LogP contribution in [0.1, 0.15) is 5.56 Å². The summed E-state index contributed by atoms with van der Waals surface area (Å²) < 4.78 is 6.45. The van der Waals surface area contributed by atoms with Crippen LogP contribution in [0.5, 0.6) is 0 Å². The second kappa shape index (κ2) is 14.4. The molecule has 0 saturated carbocycles. The number of hydrogen-bond acceptors (Lipinski definition) is 2. The lowest BCUT2D eigenvalue weighted by molar-refractivity contribution is 0.629. The highest BCUT2D eigenvalue weighted by Gasteiger charge is 2.18. The number of rotatable bonds is 7.